The lowest BCUT2D eigenvalue weighted by atomic mass is 9.88. The number of rotatable bonds is 5. The molecule has 7 nitrogen and oxygen atoms in total. The molecule has 0 bridgehead atoms. The maximum atomic E-state index is 12.7. The molecule has 1 aromatic carbocycles. The van der Waals surface area contributed by atoms with E-state index in [2.05, 4.69) is 15.3 Å². The van der Waals surface area contributed by atoms with Gasteiger partial charge < -0.3 is 20.5 Å². The van der Waals surface area contributed by atoms with Crippen LogP contribution in [0.5, 0.6) is 0 Å². The van der Waals surface area contributed by atoms with Crippen LogP contribution < -0.4 is 11.0 Å². The van der Waals surface area contributed by atoms with E-state index in [0.717, 1.165) is 32.1 Å². The van der Waals surface area contributed by atoms with Crippen LogP contribution in [-0.2, 0) is 5.60 Å². The van der Waals surface area contributed by atoms with E-state index in [1.54, 1.807) is 6.07 Å². The molecule has 4 N–H and O–H groups in total. The molecule has 1 saturated carbocycles. The Balaban J connectivity index is 1.84. The third-order valence-electron chi connectivity index (χ3n) is 5.35. The van der Waals surface area contributed by atoms with Crippen molar-refractivity contribution in [3.63, 3.8) is 0 Å². The number of H-pyrrole nitrogens is 1. The summed E-state index contributed by atoms with van der Waals surface area (Å²) in [4.78, 5) is 30.2. The Kier molecular flexibility index (Phi) is 6.17. The largest absolute Gasteiger partial charge is 0.379 e. The van der Waals surface area contributed by atoms with Crippen LogP contribution in [0.15, 0.2) is 35.3 Å². The van der Waals surface area contributed by atoms with Crippen molar-refractivity contribution in [3.05, 3.63) is 62.8 Å². The Hall–Kier alpha value is -2.22. The summed E-state index contributed by atoms with van der Waals surface area (Å²) in [7, 11) is 0. The van der Waals surface area contributed by atoms with Gasteiger partial charge >= 0.3 is 5.69 Å². The van der Waals surface area contributed by atoms with Crippen LogP contribution in [-0.4, -0.2) is 32.3 Å². The van der Waals surface area contributed by atoms with Gasteiger partial charge in [-0.2, -0.15) is 0 Å². The van der Waals surface area contributed by atoms with Gasteiger partial charge in [0, 0.05) is 12.1 Å². The van der Waals surface area contributed by atoms with Gasteiger partial charge in [-0.3, -0.25) is 4.79 Å². The zero-order chi connectivity index (χ0) is 20.3. The number of benzene rings is 1. The van der Waals surface area contributed by atoms with Crippen molar-refractivity contribution < 1.29 is 15.0 Å². The molecule has 0 saturated heterocycles. The van der Waals surface area contributed by atoms with Crippen molar-refractivity contribution in [2.45, 2.75) is 50.9 Å². The summed E-state index contributed by atoms with van der Waals surface area (Å²) in [6.45, 7) is 1.50. The van der Waals surface area contributed by atoms with E-state index in [1.165, 1.54) is 31.3 Å². The molecule has 2 atom stereocenters. The molecule has 0 aliphatic heterocycles. The quantitative estimate of drug-likeness (QED) is 0.570. The van der Waals surface area contributed by atoms with Crippen molar-refractivity contribution in [1.29, 1.82) is 0 Å². The fourth-order valence-corrected chi connectivity index (χ4v) is 3.79. The van der Waals surface area contributed by atoms with Gasteiger partial charge in [0.05, 0.1) is 16.3 Å². The number of aromatic amines is 1. The minimum atomic E-state index is -1.57. The third-order valence-corrected chi connectivity index (χ3v) is 5.68. The van der Waals surface area contributed by atoms with Gasteiger partial charge in [-0.1, -0.05) is 36.9 Å². The molecule has 0 spiro atoms. The number of nitrogens with one attached hydrogen (secondary N) is 2. The molecule has 2 aromatic rings. The Morgan fingerprint density at radius 3 is 2.71 bits per heavy atom. The molecule has 1 amide bonds. The van der Waals surface area contributed by atoms with Crippen LogP contribution in [0.1, 0.15) is 60.6 Å². The molecular formula is C20H24ClN3O4. The number of aliphatic hydroxyl groups excluding tert-OH is 1. The van der Waals surface area contributed by atoms with Crippen LogP contribution >= 0.6 is 11.6 Å². The number of aliphatic hydroxyl groups is 2. The maximum absolute atomic E-state index is 12.7. The fourth-order valence-electron chi connectivity index (χ4n) is 3.59. The second kappa shape index (κ2) is 8.43. The molecule has 8 heteroatoms. The lowest BCUT2D eigenvalue weighted by molar-refractivity contribution is 0.0463. The van der Waals surface area contributed by atoms with E-state index in [0.29, 0.717) is 5.56 Å². The van der Waals surface area contributed by atoms with Crippen molar-refractivity contribution in [2.24, 2.45) is 5.92 Å². The summed E-state index contributed by atoms with van der Waals surface area (Å²) in [6, 6.07) is 6.04. The number of aromatic nitrogens is 2. The highest BCUT2D eigenvalue weighted by molar-refractivity contribution is 6.33. The second-order valence-corrected chi connectivity index (χ2v) is 7.78. The SMILES string of the molecule is CC(O)(c1ccc(Cl)c(C(=O)NC(O)C2CCCCC2)c1)c1ccnc(=O)[nH]1. The zero-order valence-corrected chi connectivity index (χ0v) is 16.4. The third kappa shape index (κ3) is 4.43. The topological polar surface area (TPSA) is 115 Å². The van der Waals surface area contributed by atoms with E-state index >= 15 is 0 Å². The average molecular weight is 406 g/mol. The van der Waals surface area contributed by atoms with Gasteiger partial charge in [0.1, 0.15) is 11.8 Å². The highest BCUT2D eigenvalue weighted by Crippen LogP contribution is 2.30. The van der Waals surface area contributed by atoms with Gasteiger partial charge in [-0.25, -0.2) is 9.78 Å². The van der Waals surface area contributed by atoms with Gasteiger partial charge in [0.25, 0.3) is 5.91 Å². The standard InChI is InChI=1S/C20H24ClN3O4/c1-20(28,16-9-10-22-19(27)23-16)13-7-8-15(21)14(11-13)18(26)24-17(25)12-5-3-2-4-6-12/h7-12,17,25,28H,2-6H2,1H3,(H,24,26)(H,22,23,27). The number of halogens is 1. The van der Waals surface area contributed by atoms with Gasteiger partial charge in [-0.15, -0.1) is 0 Å². The smallest absolute Gasteiger partial charge is 0.345 e. The first-order chi connectivity index (χ1) is 13.3. The van der Waals surface area contributed by atoms with Crippen LogP contribution in [0.25, 0.3) is 0 Å². The van der Waals surface area contributed by atoms with Crippen LogP contribution in [0.2, 0.25) is 5.02 Å². The Morgan fingerprint density at radius 1 is 1.32 bits per heavy atom. The molecule has 3 rings (SSSR count). The predicted octanol–water partition coefficient (Wildman–Crippen LogP) is 2.31. The number of hydrogen-bond donors (Lipinski definition) is 4. The molecule has 28 heavy (non-hydrogen) atoms. The maximum Gasteiger partial charge on any atom is 0.345 e. The molecule has 1 fully saturated rings. The second-order valence-electron chi connectivity index (χ2n) is 7.37. The summed E-state index contributed by atoms with van der Waals surface area (Å²) in [5.41, 5.74) is -1.39. The van der Waals surface area contributed by atoms with E-state index in [1.807, 2.05) is 0 Å². The molecule has 150 valence electrons. The number of nitrogens with zero attached hydrogens (tertiary/aromatic N) is 1. The van der Waals surface area contributed by atoms with Crippen molar-refractivity contribution in [3.8, 4) is 0 Å². The lowest BCUT2D eigenvalue weighted by Crippen LogP contribution is -2.41. The Bertz CT molecular complexity index is 906. The highest BCUT2D eigenvalue weighted by atomic mass is 35.5. The first kappa shape index (κ1) is 20.5. The van der Waals surface area contributed by atoms with E-state index in [9.17, 15) is 19.8 Å². The first-order valence-corrected chi connectivity index (χ1v) is 9.74. The number of carbonyl (C=O) groups excluding carboxylic acids is 1. The average Bonchev–Trinajstić information content (AvgIpc) is 2.68. The molecule has 1 aromatic heterocycles. The van der Waals surface area contributed by atoms with E-state index < -0.39 is 23.4 Å². The first-order valence-electron chi connectivity index (χ1n) is 9.36. The molecule has 1 heterocycles. The predicted molar refractivity (Wildman–Crippen MR) is 105 cm³/mol. The molecule has 1 aliphatic carbocycles. The Morgan fingerprint density at radius 2 is 2.04 bits per heavy atom. The summed E-state index contributed by atoms with van der Waals surface area (Å²) in [5.74, 6) is -0.478. The summed E-state index contributed by atoms with van der Waals surface area (Å²) in [6.07, 6.45) is 5.34. The van der Waals surface area contributed by atoms with Crippen LogP contribution in [0.4, 0.5) is 0 Å². The number of amides is 1. The zero-order valence-electron chi connectivity index (χ0n) is 15.6. The van der Waals surface area contributed by atoms with Crippen LogP contribution in [0, 0.1) is 5.92 Å². The Labute approximate surface area is 167 Å². The monoisotopic (exact) mass is 405 g/mol. The van der Waals surface area contributed by atoms with Crippen molar-refractivity contribution >= 4 is 17.5 Å². The normalized spacial score (nSPS) is 18.3. The van der Waals surface area contributed by atoms with E-state index in [-0.39, 0.29) is 22.2 Å². The van der Waals surface area contributed by atoms with Gasteiger partial charge in [0.2, 0.25) is 0 Å². The molecule has 1 aliphatic rings. The van der Waals surface area contributed by atoms with Crippen molar-refractivity contribution in [2.75, 3.05) is 0 Å². The lowest BCUT2D eigenvalue weighted by Gasteiger charge is -2.27. The molecule has 0 radical (unpaired) electrons. The fraction of sp³-hybridized carbons (Fsp3) is 0.450. The minimum absolute atomic E-state index is 0.0321. The minimum Gasteiger partial charge on any atom is -0.379 e. The number of carbonyl (C=O) groups is 1. The van der Waals surface area contributed by atoms with Gasteiger partial charge in [-0.05, 0) is 43.5 Å². The van der Waals surface area contributed by atoms with Crippen molar-refractivity contribution in [1.82, 2.24) is 15.3 Å². The summed E-state index contributed by atoms with van der Waals surface area (Å²) < 4.78 is 0. The molecule has 2 unspecified atom stereocenters. The molecular weight excluding hydrogens is 382 g/mol. The number of hydrogen-bond acceptors (Lipinski definition) is 5. The van der Waals surface area contributed by atoms with Gasteiger partial charge in [0.15, 0.2) is 0 Å². The summed E-state index contributed by atoms with van der Waals surface area (Å²) in [5, 5.41) is 24.1. The summed E-state index contributed by atoms with van der Waals surface area (Å²) >= 11 is 6.19. The van der Waals surface area contributed by atoms with Crippen LogP contribution in [0.3, 0.4) is 0 Å². The highest BCUT2D eigenvalue weighted by Gasteiger charge is 2.29. The van der Waals surface area contributed by atoms with E-state index in [4.69, 9.17) is 11.6 Å².